The second kappa shape index (κ2) is 6.88. The van der Waals surface area contributed by atoms with Gasteiger partial charge in [-0.3, -0.25) is 14.6 Å². The molecule has 134 valence electrons. The van der Waals surface area contributed by atoms with E-state index in [4.69, 9.17) is 4.74 Å². The molecule has 1 amide bonds. The van der Waals surface area contributed by atoms with Crippen molar-refractivity contribution in [3.05, 3.63) is 59.9 Å². The monoisotopic (exact) mass is 352 g/mol. The molecular weight excluding hydrogens is 332 g/mol. The average Bonchev–Trinajstić information content (AvgIpc) is 3.25. The maximum Gasteiger partial charge on any atom is 0.310 e. The largest absolute Gasteiger partial charge is 0.481 e. The van der Waals surface area contributed by atoms with Crippen LogP contribution in [0.2, 0.25) is 0 Å². The summed E-state index contributed by atoms with van der Waals surface area (Å²) in [4.78, 5) is 28.2. The third kappa shape index (κ3) is 3.20. The summed E-state index contributed by atoms with van der Waals surface area (Å²) in [7, 11) is 0. The maximum atomic E-state index is 12.6. The number of ether oxygens (including phenoxy) is 1. The molecule has 4 atom stereocenters. The summed E-state index contributed by atoms with van der Waals surface area (Å²) in [6.45, 7) is 0. The van der Waals surface area contributed by atoms with E-state index in [-0.39, 0.29) is 18.1 Å². The number of carbonyl (C=O) groups is 2. The number of nitrogens with one attached hydrogen (secondary N) is 1. The van der Waals surface area contributed by atoms with Crippen LogP contribution in [0.1, 0.15) is 24.0 Å². The second-order valence-corrected chi connectivity index (χ2v) is 6.90. The Morgan fingerprint density at radius 2 is 1.62 bits per heavy atom. The molecule has 1 aromatic carbocycles. The van der Waals surface area contributed by atoms with Crippen molar-refractivity contribution in [3.8, 4) is 0 Å². The van der Waals surface area contributed by atoms with Gasteiger partial charge in [0.05, 0.1) is 24.0 Å². The molecule has 2 fully saturated rings. The van der Waals surface area contributed by atoms with Crippen molar-refractivity contribution in [1.29, 1.82) is 0 Å². The van der Waals surface area contributed by atoms with E-state index >= 15 is 0 Å². The number of aromatic nitrogens is 1. The van der Waals surface area contributed by atoms with Gasteiger partial charge in [-0.05, 0) is 54.7 Å². The second-order valence-electron chi connectivity index (χ2n) is 6.90. The fraction of sp³-hybridized carbons (Fsp3) is 0.350. The molecule has 2 N–H and O–H groups in total. The summed E-state index contributed by atoms with van der Waals surface area (Å²) >= 11 is 0. The van der Waals surface area contributed by atoms with E-state index < -0.39 is 17.8 Å². The van der Waals surface area contributed by atoms with Crippen LogP contribution in [0.4, 0.5) is 5.69 Å². The predicted molar refractivity (Wildman–Crippen MR) is 94.6 cm³/mol. The van der Waals surface area contributed by atoms with Crippen molar-refractivity contribution in [2.45, 2.75) is 31.5 Å². The first kappa shape index (κ1) is 16.7. The third-order valence-electron chi connectivity index (χ3n) is 5.24. The molecule has 4 unspecified atom stereocenters. The number of hydrogen-bond donors (Lipinski definition) is 2. The Bertz CT molecular complexity index is 806. The first-order chi connectivity index (χ1) is 12.6. The molecule has 0 aliphatic carbocycles. The van der Waals surface area contributed by atoms with Gasteiger partial charge in [0.25, 0.3) is 0 Å². The highest BCUT2D eigenvalue weighted by atomic mass is 16.5. The lowest BCUT2D eigenvalue weighted by Gasteiger charge is -2.23. The molecule has 0 spiro atoms. The van der Waals surface area contributed by atoms with Gasteiger partial charge in [0, 0.05) is 18.1 Å². The van der Waals surface area contributed by atoms with Gasteiger partial charge < -0.3 is 15.2 Å². The topological polar surface area (TPSA) is 88.5 Å². The van der Waals surface area contributed by atoms with Gasteiger partial charge in [-0.2, -0.15) is 0 Å². The summed E-state index contributed by atoms with van der Waals surface area (Å²) < 4.78 is 5.66. The minimum atomic E-state index is -0.954. The van der Waals surface area contributed by atoms with E-state index in [0.29, 0.717) is 5.69 Å². The molecule has 0 radical (unpaired) electrons. The standard InChI is InChI=1S/C20H20N2O4/c23-19(17-15-5-6-16(26-15)18(17)20(24)25)22-14-3-1-12(2-4-14)11-13-7-9-21-10-8-13/h1-4,7-10,15-18H,5-6,11H2,(H,22,23)(H,24,25). The number of pyridine rings is 1. The molecule has 4 rings (SSSR count). The van der Waals surface area contributed by atoms with Crippen molar-refractivity contribution in [2.24, 2.45) is 11.8 Å². The summed E-state index contributed by atoms with van der Waals surface area (Å²) in [6.07, 6.45) is 5.16. The van der Waals surface area contributed by atoms with Gasteiger partial charge in [-0.1, -0.05) is 12.1 Å². The van der Waals surface area contributed by atoms with E-state index in [2.05, 4.69) is 10.3 Å². The van der Waals surface area contributed by atoms with E-state index in [1.807, 2.05) is 36.4 Å². The highest BCUT2D eigenvalue weighted by molar-refractivity contribution is 5.96. The number of carbonyl (C=O) groups excluding carboxylic acids is 1. The zero-order valence-corrected chi connectivity index (χ0v) is 14.2. The van der Waals surface area contributed by atoms with Crippen molar-refractivity contribution >= 4 is 17.6 Å². The number of rotatable bonds is 5. The number of carboxylic acid groups (broad SMARTS) is 1. The van der Waals surface area contributed by atoms with Gasteiger partial charge in [0.15, 0.2) is 0 Å². The van der Waals surface area contributed by atoms with Crippen LogP contribution in [-0.2, 0) is 20.7 Å². The Morgan fingerprint density at radius 3 is 2.27 bits per heavy atom. The van der Waals surface area contributed by atoms with Crippen molar-refractivity contribution in [2.75, 3.05) is 5.32 Å². The Kier molecular flexibility index (Phi) is 4.42. The minimum Gasteiger partial charge on any atom is -0.481 e. The average molecular weight is 352 g/mol. The molecule has 6 nitrogen and oxygen atoms in total. The van der Waals surface area contributed by atoms with Crippen LogP contribution in [0.3, 0.4) is 0 Å². The summed E-state index contributed by atoms with van der Waals surface area (Å²) in [5, 5.41) is 12.3. The van der Waals surface area contributed by atoms with Crippen LogP contribution in [0.15, 0.2) is 48.8 Å². The number of amides is 1. The predicted octanol–water partition coefficient (Wildman–Crippen LogP) is 2.49. The Morgan fingerprint density at radius 1 is 1.00 bits per heavy atom. The van der Waals surface area contributed by atoms with E-state index in [1.54, 1.807) is 12.4 Å². The fourth-order valence-electron chi connectivity index (χ4n) is 3.99. The molecule has 6 heteroatoms. The molecule has 2 aromatic rings. The van der Waals surface area contributed by atoms with Crippen LogP contribution >= 0.6 is 0 Å². The molecule has 2 bridgehead atoms. The Labute approximate surface area is 151 Å². The van der Waals surface area contributed by atoms with Gasteiger partial charge in [-0.15, -0.1) is 0 Å². The smallest absolute Gasteiger partial charge is 0.310 e. The highest BCUT2D eigenvalue weighted by Crippen LogP contribution is 2.44. The quantitative estimate of drug-likeness (QED) is 0.863. The number of fused-ring (bicyclic) bond motifs is 2. The first-order valence-electron chi connectivity index (χ1n) is 8.79. The van der Waals surface area contributed by atoms with Gasteiger partial charge >= 0.3 is 5.97 Å². The summed E-state index contributed by atoms with van der Waals surface area (Å²) in [5.41, 5.74) is 2.96. The van der Waals surface area contributed by atoms with Crippen molar-refractivity contribution in [3.63, 3.8) is 0 Å². The lowest BCUT2D eigenvalue weighted by molar-refractivity contribution is -0.147. The van der Waals surface area contributed by atoms with Crippen LogP contribution in [-0.4, -0.2) is 34.2 Å². The lowest BCUT2D eigenvalue weighted by atomic mass is 9.78. The molecule has 3 heterocycles. The third-order valence-corrected chi connectivity index (χ3v) is 5.24. The molecular formula is C20H20N2O4. The maximum absolute atomic E-state index is 12.6. The zero-order chi connectivity index (χ0) is 18.1. The highest BCUT2D eigenvalue weighted by Gasteiger charge is 2.55. The van der Waals surface area contributed by atoms with Crippen LogP contribution < -0.4 is 5.32 Å². The molecule has 2 saturated heterocycles. The number of anilines is 1. The zero-order valence-electron chi connectivity index (χ0n) is 14.2. The van der Waals surface area contributed by atoms with Crippen LogP contribution in [0, 0.1) is 11.8 Å². The van der Waals surface area contributed by atoms with Gasteiger partial charge in [-0.25, -0.2) is 0 Å². The molecule has 1 aromatic heterocycles. The van der Waals surface area contributed by atoms with Crippen LogP contribution in [0.5, 0.6) is 0 Å². The number of nitrogens with zero attached hydrogens (tertiary/aromatic N) is 1. The van der Waals surface area contributed by atoms with E-state index in [0.717, 1.165) is 24.8 Å². The first-order valence-corrected chi connectivity index (χ1v) is 8.79. The van der Waals surface area contributed by atoms with Crippen molar-refractivity contribution in [1.82, 2.24) is 4.98 Å². The summed E-state index contributed by atoms with van der Waals surface area (Å²) in [5.74, 6) is -2.60. The fourth-order valence-corrected chi connectivity index (χ4v) is 3.99. The molecule has 2 aliphatic heterocycles. The van der Waals surface area contributed by atoms with E-state index in [9.17, 15) is 14.7 Å². The molecule has 26 heavy (non-hydrogen) atoms. The number of carboxylic acids is 1. The van der Waals surface area contributed by atoms with Gasteiger partial charge in [0.1, 0.15) is 0 Å². The summed E-state index contributed by atoms with van der Waals surface area (Å²) in [6, 6.07) is 11.5. The number of hydrogen-bond acceptors (Lipinski definition) is 4. The number of benzene rings is 1. The van der Waals surface area contributed by atoms with Crippen LogP contribution in [0.25, 0.3) is 0 Å². The number of aliphatic carboxylic acids is 1. The van der Waals surface area contributed by atoms with E-state index in [1.165, 1.54) is 5.56 Å². The normalized spacial score (nSPS) is 26.6. The SMILES string of the molecule is O=C(O)C1C2CCC(O2)C1C(=O)Nc1ccc(Cc2ccncc2)cc1. The molecule has 0 saturated carbocycles. The minimum absolute atomic E-state index is 0.272. The Balaban J connectivity index is 1.42. The lowest BCUT2D eigenvalue weighted by Crippen LogP contribution is -2.40. The van der Waals surface area contributed by atoms with Gasteiger partial charge in [0.2, 0.25) is 5.91 Å². The Hall–Kier alpha value is -2.73. The van der Waals surface area contributed by atoms with Crippen molar-refractivity contribution < 1.29 is 19.4 Å². The molecule has 2 aliphatic rings.